The molecule has 0 N–H and O–H groups in total. The molecule has 0 rings (SSSR count). The maximum atomic E-state index is 2.40. The Morgan fingerprint density at radius 1 is 0.643 bits per heavy atom. The van der Waals surface area contributed by atoms with Gasteiger partial charge in [0.15, 0.2) is 0 Å². The van der Waals surface area contributed by atoms with Crippen LogP contribution in [0.15, 0.2) is 0 Å². The molecule has 0 saturated carbocycles. The van der Waals surface area contributed by atoms with E-state index in [2.05, 4.69) is 49.8 Å². The quantitative estimate of drug-likeness (QED) is 0.576. The van der Waals surface area contributed by atoms with Gasteiger partial charge in [0.1, 0.15) is 0 Å². The molecule has 0 saturated heterocycles. The molecule has 3 heteroatoms. The van der Waals surface area contributed by atoms with Crippen molar-refractivity contribution in [3.8, 4) is 0 Å². The van der Waals surface area contributed by atoms with E-state index in [4.69, 9.17) is 0 Å². The van der Waals surface area contributed by atoms with Gasteiger partial charge < -0.3 is 14.7 Å². The second kappa shape index (κ2) is 8.21. The fraction of sp³-hybridized carbons (Fsp3) is 1.00. The largest absolute Gasteiger partial charge is 0.308 e. The summed E-state index contributed by atoms with van der Waals surface area (Å²) in [5.74, 6) is 0. The highest BCUT2D eigenvalue weighted by atomic mass is 15.2. The Labute approximate surface area is 89.7 Å². The molecule has 0 aromatic rings. The van der Waals surface area contributed by atoms with Crippen molar-refractivity contribution in [3.63, 3.8) is 0 Å². The molecule has 14 heavy (non-hydrogen) atoms. The standard InChI is InChI=1S/C11H27N3/c1-6-7-13(4)10-11-14(5)9-8-12(2)3/h6-11H2,1-5H3. The van der Waals surface area contributed by atoms with Gasteiger partial charge in [0.25, 0.3) is 0 Å². The third-order valence-corrected chi connectivity index (χ3v) is 2.40. The zero-order chi connectivity index (χ0) is 11.0. The molecule has 0 aliphatic heterocycles. The van der Waals surface area contributed by atoms with E-state index in [1.54, 1.807) is 0 Å². The Morgan fingerprint density at radius 2 is 1.07 bits per heavy atom. The summed E-state index contributed by atoms with van der Waals surface area (Å²) in [5.41, 5.74) is 0. The minimum absolute atomic E-state index is 1.15. The molecule has 0 atom stereocenters. The van der Waals surface area contributed by atoms with Crippen LogP contribution in [0, 0.1) is 0 Å². The van der Waals surface area contributed by atoms with Gasteiger partial charge in [0, 0.05) is 26.2 Å². The van der Waals surface area contributed by atoms with Crippen molar-refractivity contribution in [3.05, 3.63) is 0 Å². The molecular weight excluding hydrogens is 174 g/mol. The maximum absolute atomic E-state index is 2.40. The van der Waals surface area contributed by atoms with E-state index < -0.39 is 0 Å². The minimum atomic E-state index is 1.15. The number of likely N-dealkylation sites (N-methyl/N-ethyl adjacent to an activating group) is 3. The predicted molar refractivity (Wildman–Crippen MR) is 63.8 cm³/mol. The highest BCUT2D eigenvalue weighted by Crippen LogP contribution is 1.89. The van der Waals surface area contributed by atoms with Crippen molar-refractivity contribution < 1.29 is 0 Å². The summed E-state index contributed by atoms with van der Waals surface area (Å²) < 4.78 is 0. The van der Waals surface area contributed by atoms with Crippen molar-refractivity contribution in [1.82, 2.24) is 14.7 Å². The first-order chi connectivity index (χ1) is 6.56. The highest BCUT2D eigenvalue weighted by Gasteiger charge is 2.01. The Morgan fingerprint density at radius 3 is 1.50 bits per heavy atom. The summed E-state index contributed by atoms with van der Waals surface area (Å²) in [6.45, 7) is 8.09. The summed E-state index contributed by atoms with van der Waals surface area (Å²) in [6.07, 6.45) is 1.25. The van der Waals surface area contributed by atoms with Crippen LogP contribution in [0.4, 0.5) is 0 Å². The topological polar surface area (TPSA) is 9.72 Å². The molecule has 86 valence electrons. The molecule has 3 nitrogen and oxygen atoms in total. The smallest absolute Gasteiger partial charge is 0.0107 e. The van der Waals surface area contributed by atoms with Crippen molar-refractivity contribution >= 4 is 0 Å². The average Bonchev–Trinajstić information content (AvgIpc) is 2.12. The van der Waals surface area contributed by atoms with E-state index in [9.17, 15) is 0 Å². The van der Waals surface area contributed by atoms with Crippen LogP contribution in [0.2, 0.25) is 0 Å². The lowest BCUT2D eigenvalue weighted by Crippen LogP contribution is -2.35. The van der Waals surface area contributed by atoms with Crippen molar-refractivity contribution in [2.75, 3.05) is 60.9 Å². The summed E-state index contributed by atoms with van der Waals surface area (Å²) in [7, 11) is 8.64. The van der Waals surface area contributed by atoms with E-state index in [0.29, 0.717) is 0 Å². The van der Waals surface area contributed by atoms with Crippen LogP contribution in [0.25, 0.3) is 0 Å². The fourth-order valence-corrected chi connectivity index (χ4v) is 1.32. The first-order valence-corrected chi connectivity index (χ1v) is 5.58. The SMILES string of the molecule is CCCN(C)CCN(C)CCN(C)C. The predicted octanol–water partition coefficient (Wildman–Crippen LogP) is 0.822. The fourth-order valence-electron chi connectivity index (χ4n) is 1.32. The monoisotopic (exact) mass is 201 g/mol. The number of hydrogen-bond donors (Lipinski definition) is 0. The van der Waals surface area contributed by atoms with Crippen LogP contribution in [0.1, 0.15) is 13.3 Å². The minimum Gasteiger partial charge on any atom is -0.308 e. The number of hydrogen-bond acceptors (Lipinski definition) is 3. The second-order valence-electron chi connectivity index (χ2n) is 4.41. The molecule has 0 aliphatic carbocycles. The van der Waals surface area contributed by atoms with E-state index in [0.717, 1.165) is 13.1 Å². The van der Waals surface area contributed by atoms with E-state index in [1.165, 1.54) is 26.1 Å². The van der Waals surface area contributed by atoms with Crippen LogP contribution in [0.3, 0.4) is 0 Å². The zero-order valence-corrected chi connectivity index (χ0v) is 10.6. The Balaban J connectivity index is 3.38. The van der Waals surface area contributed by atoms with Gasteiger partial charge in [-0.05, 0) is 41.2 Å². The molecule has 0 radical (unpaired) electrons. The molecular formula is C11H27N3. The highest BCUT2D eigenvalue weighted by molar-refractivity contribution is 4.57. The lowest BCUT2D eigenvalue weighted by molar-refractivity contribution is 0.238. The third-order valence-electron chi connectivity index (χ3n) is 2.40. The van der Waals surface area contributed by atoms with Gasteiger partial charge in [-0.2, -0.15) is 0 Å². The van der Waals surface area contributed by atoms with Gasteiger partial charge in [-0.3, -0.25) is 0 Å². The summed E-state index contributed by atoms with van der Waals surface area (Å²) >= 11 is 0. The Kier molecular flexibility index (Phi) is 8.14. The molecule has 0 aromatic carbocycles. The van der Waals surface area contributed by atoms with Gasteiger partial charge in [0.2, 0.25) is 0 Å². The number of nitrogens with zero attached hydrogens (tertiary/aromatic N) is 3. The van der Waals surface area contributed by atoms with E-state index in [1.807, 2.05) is 0 Å². The first kappa shape index (κ1) is 13.9. The number of rotatable bonds is 8. The first-order valence-electron chi connectivity index (χ1n) is 5.58. The van der Waals surface area contributed by atoms with Crippen molar-refractivity contribution in [1.29, 1.82) is 0 Å². The molecule has 0 spiro atoms. The van der Waals surface area contributed by atoms with Gasteiger partial charge in [-0.15, -0.1) is 0 Å². The van der Waals surface area contributed by atoms with Crippen LogP contribution in [0.5, 0.6) is 0 Å². The van der Waals surface area contributed by atoms with Crippen molar-refractivity contribution in [2.24, 2.45) is 0 Å². The second-order valence-corrected chi connectivity index (χ2v) is 4.41. The van der Waals surface area contributed by atoms with Crippen LogP contribution >= 0.6 is 0 Å². The Bertz CT molecular complexity index is 126. The third kappa shape index (κ3) is 8.48. The molecule has 0 amide bonds. The van der Waals surface area contributed by atoms with Gasteiger partial charge >= 0.3 is 0 Å². The van der Waals surface area contributed by atoms with E-state index >= 15 is 0 Å². The molecule has 0 aliphatic rings. The summed E-state index contributed by atoms with van der Waals surface area (Å²) in [5, 5.41) is 0. The summed E-state index contributed by atoms with van der Waals surface area (Å²) in [4.78, 5) is 7.02. The molecule has 0 unspecified atom stereocenters. The zero-order valence-electron chi connectivity index (χ0n) is 10.6. The molecule has 0 aromatic heterocycles. The van der Waals surface area contributed by atoms with Crippen LogP contribution < -0.4 is 0 Å². The van der Waals surface area contributed by atoms with Crippen molar-refractivity contribution in [2.45, 2.75) is 13.3 Å². The molecule has 0 fully saturated rings. The van der Waals surface area contributed by atoms with Crippen LogP contribution in [-0.4, -0.2) is 75.6 Å². The van der Waals surface area contributed by atoms with Gasteiger partial charge in [-0.1, -0.05) is 6.92 Å². The van der Waals surface area contributed by atoms with Gasteiger partial charge in [-0.25, -0.2) is 0 Å². The average molecular weight is 201 g/mol. The Hall–Kier alpha value is -0.120. The van der Waals surface area contributed by atoms with Gasteiger partial charge in [0.05, 0.1) is 0 Å². The molecule has 0 heterocycles. The molecule has 0 bridgehead atoms. The normalized spacial score (nSPS) is 12.0. The van der Waals surface area contributed by atoms with E-state index in [-0.39, 0.29) is 0 Å². The maximum Gasteiger partial charge on any atom is 0.0107 e. The summed E-state index contributed by atoms with van der Waals surface area (Å²) in [6, 6.07) is 0. The van der Waals surface area contributed by atoms with Crippen LogP contribution in [-0.2, 0) is 0 Å². The lowest BCUT2D eigenvalue weighted by atomic mass is 10.4. The lowest BCUT2D eigenvalue weighted by Gasteiger charge is -2.22.